The van der Waals surface area contributed by atoms with E-state index in [-0.39, 0.29) is 12.0 Å². The van der Waals surface area contributed by atoms with Crippen LogP contribution in [-0.4, -0.2) is 35.1 Å². The highest BCUT2D eigenvalue weighted by molar-refractivity contribution is 5.96. The molecule has 0 spiro atoms. The molecule has 0 heterocycles. The summed E-state index contributed by atoms with van der Waals surface area (Å²) in [7, 11) is 0. The van der Waals surface area contributed by atoms with Gasteiger partial charge in [-0.25, -0.2) is 4.79 Å². The average Bonchev–Trinajstić information content (AvgIpc) is 2.28. The predicted octanol–water partition coefficient (Wildman–Crippen LogP) is -0.197. The first-order chi connectivity index (χ1) is 8.40. The van der Waals surface area contributed by atoms with Crippen LogP contribution in [0.5, 0.6) is 0 Å². The van der Waals surface area contributed by atoms with Gasteiger partial charge in [0, 0.05) is 6.04 Å². The van der Waals surface area contributed by atoms with Gasteiger partial charge >= 0.3 is 12.0 Å². The normalized spacial score (nSPS) is 25.2. The maximum Gasteiger partial charge on any atom is 0.318 e. The Kier molecular flexibility index (Phi) is 5.08. The summed E-state index contributed by atoms with van der Waals surface area (Å²) in [6.07, 6.45) is 2.83. The van der Waals surface area contributed by atoms with Crippen molar-refractivity contribution < 1.29 is 19.5 Å². The van der Waals surface area contributed by atoms with E-state index in [2.05, 4.69) is 5.32 Å². The fourth-order valence-electron chi connectivity index (χ4n) is 2.22. The highest BCUT2D eigenvalue weighted by atomic mass is 16.4. The Labute approximate surface area is 105 Å². The van der Waals surface area contributed by atoms with E-state index >= 15 is 0 Å². The summed E-state index contributed by atoms with van der Waals surface area (Å²) in [5, 5.41) is 14.0. The van der Waals surface area contributed by atoms with Crippen LogP contribution in [0.25, 0.3) is 0 Å². The number of hydrogen-bond acceptors (Lipinski definition) is 4. The minimum atomic E-state index is -0.888. The van der Waals surface area contributed by atoms with E-state index in [0.717, 1.165) is 12.8 Å². The second kappa shape index (κ2) is 6.34. The first-order valence-electron chi connectivity index (χ1n) is 5.99. The summed E-state index contributed by atoms with van der Waals surface area (Å²) in [6, 6.07) is -1.48. The van der Waals surface area contributed by atoms with Gasteiger partial charge in [-0.1, -0.05) is 6.42 Å². The van der Waals surface area contributed by atoms with E-state index in [9.17, 15) is 14.4 Å². The van der Waals surface area contributed by atoms with Gasteiger partial charge in [0.25, 0.3) is 0 Å². The number of amides is 3. The van der Waals surface area contributed by atoms with Gasteiger partial charge in [0.2, 0.25) is 5.91 Å². The molecule has 3 unspecified atom stereocenters. The first kappa shape index (κ1) is 14.4. The van der Waals surface area contributed by atoms with E-state index < -0.39 is 23.9 Å². The van der Waals surface area contributed by atoms with E-state index in [1.54, 1.807) is 6.92 Å². The van der Waals surface area contributed by atoms with Crippen LogP contribution in [0, 0.1) is 5.92 Å². The molecule has 0 aliphatic heterocycles. The number of imide groups is 1. The lowest BCUT2D eigenvalue weighted by Crippen LogP contribution is -2.50. The molecule has 3 atom stereocenters. The Morgan fingerprint density at radius 2 is 2.00 bits per heavy atom. The Balaban J connectivity index is 2.44. The number of carbonyl (C=O) groups is 3. The fraction of sp³-hybridized carbons (Fsp3) is 0.727. The number of primary amides is 1. The van der Waals surface area contributed by atoms with Gasteiger partial charge in [0.05, 0.1) is 12.0 Å². The summed E-state index contributed by atoms with van der Waals surface area (Å²) in [6.45, 7) is 1.61. The summed E-state index contributed by atoms with van der Waals surface area (Å²) < 4.78 is 0. The van der Waals surface area contributed by atoms with Crippen molar-refractivity contribution in [2.24, 2.45) is 11.7 Å². The van der Waals surface area contributed by atoms with Crippen molar-refractivity contribution in [3.63, 3.8) is 0 Å². The van der Waals surface area contributed by atoms with Crippen LogP contribution in [0.15, 0.2) is 0 Å². The number of carboxylic acid groups (broad SMARTS) is 1. The minimum absolute atomic E-state index is 0.0199. The van der Waals surface area contributed by atoms with Crippen LogP contribution in [0.4, 0.5) is 4.79 Å². The van der Waals surface area contributed by atoms with Gasteiger partial charge in [0.15, 0.2) is 0 Å². The molecule has 1 fully saturated rings. The lowest BCUT2D eigenvalue weighted by Gasteiger charge is -2.29. The molecule has 7 nitrogen and oxygen atoms in total. The highest BCUT2D eigenvalue weighted by Gasteiger charge is 2.28. The van der Waals surface area contributed by atoms with Crippen molar-refractivity contribution in [2.75, 3.05) is 0 Å². The lowest BCUT2D eigenvalue weighted by atomic mass is 9.85. The van der Waals surface area contributed by atoms with E-state index in [0.29, 0.717) is 12.8 Å². The number of nitrogens with two attached hydrogens (primary N) is 1. The maximum atomic E-state index is 11.5. The molecule has 1 aliphatic rings. The number of carbonyl (C=O) groups excluding carboxylic acids is 2. The fourth-order valence-corrected chi connectivity index (χ4v) is 2.22. The Bertz CT molecular complexity index is 345. The number of aliphatic carboxylic acids is 1. The number of nitrogens with one attached hydrogen (secondary N) is 2. The lowest BCUT2D eigenvalue weighted by molar-refractivity contribution is -0.143. The van der Waals surface area contributed by atoms with Gasteiger partial charge < -0.3 is 16.2 Å². The van der Waals surface area contributed by atoms with Crippen LogP contribution in [-0.2, 0) is 9.59 Å². The molecule has 1 saturated carbocycles. The number of rotatable bonds is 4. The molecule has 0 bridgehead atoms. The molecular weight excluding hydrogens is 238 g/mol. The number of carboxylic acids is 1. The molecule has 0 aromatic carbocycles. The third-order valence-electron chi connectivity index (χ3n) is 3.15. The SMILES string of the molecule is CC(NC1CCCC(C(=O)O)C1)C(=O)NC(N)=O. The van der Waals surface area contributed by atoms with Gasteiger partial charge in [-0.15, -0.1) is 0 Å². The second-order valence-electron chi connectivity index (χ2n) is 4.64. The van der Waals surface area contributed by atoms with Gasteiger partial charge in [-0.3, -0.25) is 14.9 Å². The van der Waals surface area contributed by atoms with Crippen LogP contribution in [0.2, 0.25) is 0 Å². The van der Waals surface area contributed by atoms with E-state index in [1.165, 1.54) is 0 Å². The highest BCUT2D eigenvalue weighted by Crippen LogP contribution is 2.24. The Morgan fingerprint density at radius 3 is 2.56 bits per heavy atom. The van der Waals surface area contributed by atoms with Crippen LogP contribution in [0.1, 0.15) is 32.6 Å². The van der Waals surface area contributed by atoms with Crippen LogP contribution in [0.3, 0.4) is 0 Å². The molecule has 0 aromatic heterocycles. The van der Waals surface area contributed by atoms with Crippen molar-refractivity contribution in [3.05, 3.63) is 0 Å². The monoisotopic (exact) mass is 257 g/mol. The number of hydrogen-bond donors (Lipinski definition) is 4. The summed E-state index contributed by atoms with van der Waals surface area (Å²) in [5.41, 5.74) is 4.85. The second-order valence-corrected chi connectivity index (χ2v) is 4.64. The first-order valence-corrected chi connectivity index (χ1v) is 5.99. The maximum absolute atomic E-state index is 11.5. The number of urea groups is 1. The zero-order valence-electron chi connectivity index (χ0n) is 10.3. The third-order valence-corrected chi connectivity index (χ3v) is 3.15. The molecule has 0 aromatic rings. The predicted molar refractivity (Wildman–Crippen MR) is 63.7 cm³/mol. The largest absolute Gasteiger partial charge is 0.481 e. The zero-order valence-corrected chi connectivity index (χ0v) is 10.3. The Hall–Kier alpha value is -1.63. The minimum Gasteiger partial charge on any atom is -0.481 e. The summed E-state index contributed by atoms with van der Waals surface area (Å²) >= 11 is 0. The molecule has 1 aliphatic carbocycles. The van der Waals surface area contributed by atoms with Crippen molar-refractivity contribution in [2.45, 2.75) is 44.7 Å². The third kappa shape index (κ3) is 4.33. The van der Waals surface area contributed by atoms with E-state index in [1.807, 2.05) is 5.32 Å². The molecule has 1 rings (SSSR count). The smallest absolute Gasteiger partial charge is 0.318 e. The molecular formula is C11H19N3O4. The van der Waals surface area contributed by atoms with E-state index in [4.69, 9.17) is 10.8 Å². The quantitative estimate of drug-likeness (QED) is 0.555. The molecule has 0 saturated heterocycles. The Morgan fingerprint density at radius 1 is 1.33 bits per heavy atom. The van der Waals surface area contributed by atoms with Crippen molar-refractivity contribution in [1.82, 2.24) is 10.6 Å². The van der Waals surface area contributed by atoms with Crippen molar-refractivity contribution >= 4 is 17.9 Å². The summed E-state index contributed by atoms with van der Waals surface area (Å²) in [5.74, 6) is -1.65. The molecule has 0 radical (unpaired) electrons. The summed E-state index contributed by atoms with van der Waals surface area (Å²) in [4.78, 5) is 32.9. The molecule has 18 heavy (non-hydrogen) atoms. The molecule has 102 valence electrons. The van der Waals surface area contributed by atoms with Crippen LogP contribution >= 0.6 is 0 Å². The van der Waals surface area contributed by atoms with Gasteiger partial charge in [0.1, 0.15) is 0 Å². The molecule has 3 amide bonds. The molecule has 5 N–H and O–H groups in total. The molecule has 7 heteroatoms. The van der Waals surface area contributed by atoms with Gasteiger partial charge in [-0.05, 0) is 26.2 Å². The van der Waals surface area contributed by atoms with Crippen LogP contribution < -0.4 is 16.4 Å². The standard InChI is InChI=1S/C11H19N3O4/c1-6(9(15)14-11(12)18)13-8-4-2-3-7(5-8)10(16)17/h6-8,13H,2-5H2,1H3,(H,16,17)(H3,12,14,15,18). The van der Waals surface area contributed by atoms with Crippen molar-refractivity contribution in [3.8, 4) is 0 Å². The average molecular weight is 257 g/mol. The van der Waals surface area contributed by atoms with Gasteiger partial charge in [-0.2, -0.15) is 0 Å². The zero-order chi connectivity index (χ0) is 13.7. The van der Waals surface area contributed by atoms with Crippen molar-refractivity contribution in [1.29, 1.82) is 0 Å². The topological polar surface area (TPSA) is 122 Å².